The Morgan fingerprint density at radius 1 is 1.00 bits per heavy atom. The van der Waals surface area contributed by atoms with Crippen LogP contribution in [0, 0.1) is 0 Å². The first-order chi connectivity index (χ1) is 12.7. The van der Waals surface area contributed by atoms with E-state index in [0.717, 1.165) is 22.7 Å². The van der Waals surface area contributed by atoms with Crippen LogP contribution in [-0.2, 0) is 0 Å². The minimum atomic E-state index is -0.160. The number of rotatable bonds is 6. The van der Waals surface area contributed by atoms with E-state index in [1.807, 2.05) is 61.5 Å². The number of hydrogen-bond donors (Lipinski definition) is 2. The molecule has 2 N–H and O–H groups in total. The molecule has 5 nitrogen and oxygen atoms in total. The Balaban J connectivity index is 1.68. The van der Waals surface area contributed by atoms with Crippen molar-refractivity contribution in [3.63, 3.8) is 0 Å². The number of aromatic nitrogens is 1. The third kappa shape index (κ3) is 4.39. The van der Waals surface area contributed by atoms with Gasteiger partial charge in [-0.1, -0.05) is 30.3 Å². The van der Waals surface area contributed by atoms with E-state index >= 15 is 0 Å². The van der Waals surface area contributed by atoms with Crippen molar-refractivity contribution in [1.29, 1.82) is 0 Å². The lowest BCUT2D eigenvalue weighted by atomic mass is 10.1. The molecule has 0 aliphatic rings. The van der Waals surface area contributed by atoms with Crippen molar-refractivity contribution in [1.82, 2.24) is 10.3 Å². The first-order valence-electron chi connectivity index (χ1n) is 8.37. The summed E-state index contributed by atoms with van der Waals surface area (Å²) in [4.78, 5) is 16.7. The van der Waals surface area contributed by atoms with Gasteiger partial charge in [0, 0.05) is 11.9 Å². The van der Waals surface area contributed by atoms with Crippen LogP contribution in [0.4, 0.5) is 11.4 Å². The molecule has 1 amide bonds. The van der Waals surface area contributed by atoms with Gasteiger partial charge in [-0.15, -0.1) is 0 Å². The minimum absolute atomic E-state index is 0.0816. The highest BCUT2D eigenvalue weighted by Gasteiger charge is 2.12. The normalized spacial score (nSPS) is 11.5. The standard InChI is InChI=1S/C21H21N3O2/c1-15(16-6-4-3-5-7-16)23-21(25)17-12-19(14-22-13-17)24-18-8-10-20(26-2)11-9-18/h3-15,24H,1-2H3,(H,23,25). The Hall–Kier alpha value is -3.34. The minimum Gasteiger partial charge on any atom is -0.497 e. The molecule has 0 fully saturated rings. The van der Waals surface area contributed by atoms with E-state index in [0.29, 0.717) is 5.56 Å². The third-order valence-corrected chi connectivity index (χ3v) is 4.03. The maximum absolute atomic E-state index is 12.5. The van der Waals surface area contributed by atoms with Gasteiger partial charge in [0.2, 0.25) is 0 Å². The monoisotopic (exact) mass is 347 g/mol. The Morgan fingerprint density at radius 3 is 2.42 bits per heavy atom. The number of methoxy groups -OCH3 is 1. The first kappa shape index (κ1) is 17.5. The van der Waals surface area contributed by atoms with E-state index in [4.69, 9.17) is 4.74 Å². The van der Waals surface area contributed by atoms with Gasteiger partial charge in [-0.2, -0.15) is 0 Å². The Morgan fingerprint density at radius 2 is 1.73 bits per heavy atom. The molecule has 0 radical (unpaired) electrons. The van der Waals surface area contributed by atoms with Crippen LogP contribution in [-0.4, -0.2) is 18.0 Å². The largest absolute Gasteiger partial charge is 0.497 e. The molecule has 1 heterocycles. The second-order valence-corrected chi connectivity index (χ2v) is 5.92. The zero-order chi connectivity index (χ0) is 18.4. The summed E-state index contributed by atoms with van der Waals surface area (Å²) in [6.45, 7) is 1.96. The lowest BCUT2D eigenvalue weighted by Crippen LogP contribution is -2.26. The molecule has 132 valence electrons. The fraction of sp³-hybridized carbons (Fsp3) is 0.143. The molecule has 0 aliphatic carbocycles. The molecule has 0 saturated heterocycles. The van der Waals surface area contributed by atoms with Crippen LogP contribution in [0.3, 0.4) is 0 Å². The summed E-state index contributed by atoms with van der Waals surface area (Å²) in [6, 6.07) is 19.1. The van der Waals surface area contributed by atoms with Crippen LogP contribution < -0.4 is 15.4 Å². The molecule has 0 bridgehead atoms. The van der Waals surface area contributed by atoms with E-state index < -0.39 is 0 Å². The van der Waals surface area contributed by atoms with Gasteiger partial charge in [0.05, 0.1) is 30.6 Å². The third-order valence-electron chi connectivity index (χ3n) is 4.03. The number of nitrogens with zero attached hydrogens (tertiary/aromatic N) is 1. The fourth-order valence-corrected chi connectivity index (χ4v) is 2.58. The number of amides is 1. The fourth-order valence-electron chi connectivity index (χ4n) is 2.58. The van der Waals surface area contributed by atoms with Crippen molar-refractivity contribution in [3.05, 3.63) is 84.2 Å². The maximum atomic E-state index is 12.5. The molecular weight excluding hydrogens is 326 g/mol. The zero-order valence-corrected chi connectivity index (χ0v) is 14.8. The molecule has 0 saturated carbocycles. The molecule has 2 aromatic carbocycles. The molecule has 0 aliphatic heterocycles. The van der Waals surface area contributed by atoms with Gasteiger partial charge in [0.25, 0.3) is 5.91 Å². The van der Waals surface area contributed by atoms with Gasteiger partial charge in [0.15, 0.2) is 0 Å². The topological polar surface area (TPSA) is 63.2 Å². The Kier molecular flexibility index (Phi) is 5.49. The van der Waals surface area contributed by atoms with Gasteiger partial charge >= 0.3 is 0 Å². The van der Waals surface area contributed by atoms with Crippen LogP contribution in [0.15, 0.2) is 73.1 Å². The van der Waals surface area contributed by atoms with Crippen LogP contribution in [0.25, 0.3) is 0 Å². The quantitative estimate of drug-likeness (QED) is 0.697. The summed E-state index contributed by atoms with van der Waals surface area (Å²) >= 11 is 0. The number of carbonyl (C=O) groups excluding carboxylic acids is 1. The lowest BCUT2D eigenvalue weighted by Gasteiger charge is -2.14. The summed E-state index contributed by atoms with van der Waals surface area (Å²) in [5.74, 6) is 0.629. The highest BCUT2D eigenvalue weighted by molar-refractivity contribution is 5.95. The van der Waals surface area contributed by atoms with Gasteiger partial charge < -0.3 is 15.4 Å². The first-order valence-corrected chi connectivity index (χ1v) is 8.37. The SMILES string of the molecule is COc1ccc(Nc2cncc(C(=O)NC(C)c3ccccc3)c2)cc1. The number of nitrogens with one attached hydrogen (secondary N) is 2. The van der Waals surface area contributed by atoms with E-state index in [1.165, 1.54) is 0 Å². The number of ether oxygens (including phenoxy) is 1. The van der Waals surface area contributed by atoms with Crippen molar-refractivity contribution in [2.24, 2.45) is 0 Å². The van der Waals surface area contributed by atoms with Crippen LogP contribution in [0.1, 0.15) is 28.9 Å². The lowest BCUT2D eigenvalue weighted by molar-refractivity contribution is 0.0939. The highest BCUT2D eigenvalue weighted by Crippen LogP contribution is 2.20. The highest BCUT2D eigenvalue weighted by atomic mass is 16.5. The van der Waals surface area contributed by atoms with Crippen LogP contribution in [0.5, 0.6) is 5.75 Å². The van der Waals surface area contributed by atoms with Crippen molar-refractivity contribution in [3.8, 4) is 5.75 Å². The molecule has 0 spiro atoms. The summed E-state index contributed by atoms with van der Waals surface area (Å²) in [5.41, 5.74) is 3.20. The predicted molar refractivity (Wildman–Crippen MR) is 103 cm³/mol. The molecule has 3 rings (SSSR count). The molecular formula is C21H21N3O2. The number of anilines is 2. The summed E-state index contributed by atoms with van der Waals surface area (Å²) < 4.78 is 5.15. The number of carbonyl (C=O) groups is 1. The van der Waals surface area contributed by atoms with Gasteiger partial charge in [-0.25, -0.2) is 0 Å². The van der Waals surface area contributed by atoms with Crippen molar-refractivity contribution in [2.45, 2.75) is 13.0 Å². The molecule has 1 atom stereocenters. The average molecular weight is 347 g/mol. The molecule has 26 heavy (non-hydrogen) atoms. The van der Waals surface area contributed by atoms with E-state index in [-0.39, 0.29) is 11.9 Å². The van der Waals surface area contributed by atoms with Crippen LogP contribution >= 0.6 is 0 Å². The molecule has 1 aromatic heterocycles. The second kappa shape index (κ2) is 8.16. The Labute approximate surface area is 153 Å². The zero-order valence-electron chi connectivity index (χ0n) is 14.8. The smallest absolute Gasteiger partial charge is 0.253 e. The number of hydrogen-bond acceptors (Lipinski definition) is 4. The maximum Gasteiger partial charge on any atom is 0.253 e. The Bertz CT molecular complexity index is 864. The van der Waals surface area contributed by atoms with E-state index in [1.54, 1.807) is 25.6 Å². The van der Waals surface area contributed by atoms with Gasteiger partial charge in [0.1, 0.15) is 5.75 Å². The molecule has 3 aromatic rings. The van der Waals surface area contributed by atoms with Crippen molar-refractivity contribution in [2.75, 3.05) is 12.4 Å². The van der Waals surface area contributed by atoms with Gasteiger partial charge in [-0.05, 0) is 42.8 Å². The average Bonchev–Trinajstić information content (AvgIpc) is 2.69. The summed E-state index contributed by atoms with van der Waals surface area (Å²) in [6.07, 6.45) is 3.24. The van der Waals surface area contributed by atoms with Gasteiger partial charge in [-0.3, -0.25) is 9.78 Å². The summed E-state index contributed by atoms with van der Waals surface area (Å²) in [5, 5.41) is 6.23. The predicted octanol–water partition coefficient (Wildman–Crippen LogP) is 4.32. The number of benzene rings is 2. The molecule has 1 unspecified atom stereocenters. The summed E-state index contributed by atoms with van der Waals surface area (Å²) in [7, 11) is 1.63. The van der Waals surface area contributed by atoms with E-state index in [2.05, 4.69) is 15.6 Å². The second-order valence-electron chi connectivity index (χ2n) is 5.92. The van der Waals surface area contributed by atoms with E-state index in [9.17, 15) is 4.79 Å². The van der Waals surface area contributed by atoms with Crippen LogP contribution in [0.2, 0.25) is 0 Å². The number of pyridine rings is 1. The van der Waals surface area contributed by atoms with Crippen molar-refractivity contribution < 1.29 is 9.53 Å². The van der Waals surface area contributed by atoms with Crippen molar-refractivity contribution >= 4 is 17.3 Å². The molecule has 5 heteroatoms.